The molecule has 0 aliphatic carbocycles. The number of phenolic OH excluding ortho intramolecular Hbond substituents is 1. The van der Waals surface area contributed by atoms with Crippen LogP contribution in [0.25, 0.3) is 10.9 Å². The summed E-state index contributed by atoms with van der Waals surface area (Å²) in [6.45, 7) is 2.01. The van der Waals surface area contributed by atoms with Gasteiger partial charge < -0.3 is 10.4 Å². The Labute approximate surface area is 134 Å². The molecule has 0 aliphatic heterocycles. The number of hydrogen-bond acceptors (Lipinski definition) is 3. The number of hydrogen-bond donors (Lipinski definition) is 2. The predicted molar refractivity (Wildman–Crippen MR) is 91.0 cm³/mol. The van der Waals surface area contributed by atoms with Crippen molar-refractivity contribution < 1.29 is 9.90 Å². The molecular weight excluding hydrogens is 292 g/mol. The van der Waals surface area contributed by atoms with Crippen LogP contribution in [0.3, 0.4) is 0 Å². The smallest absolute Gasteiger partial charge is 0.326 e. The zero-order valence-electron chi connectivity index (χ0n) is 13.2. The number of carbonyl (C=O) groups is 1. The van der Waals surface area contributed by atoms with Crippen LogP contribution in [0.5, 0.6) is 5.75 Å². The first-order valence-electron chi connectivity index (χ1n) is 7.23. The molecule has 1 aromatic heterocycles. The number of urea groups is 1. The number of nitrogens with one attached hydrogen (secondary N) is 1. The molecular formula is C17H18N4O2. The Bertz CT molecular complexity index is 868. The molecule has 0 aliphatic rings. The number of phenols is 1. The number of nitrogens with zero attached hydrogens (tertiary/aromatic N) is 3. The SMILES string of the molecule is Cc1c2ccc(N(C)C(=O)Nc3ccc(O)cc3)cc2nn1C. The van der Waals surface area contributed by atoms with E-state index in [1.54, 1.807) is 19.2 Å². The highest BCUT2D eigenvalue weighted by Crippen LogP contribution is 2.23. The van der Waals surface area contributed by atoms with Crippen LogP contribution < -0.4 is 10.2 Å². The minimum absolute atomic E-state index is 0.160. The fourth-order valence-corrected chi connectivity index (χ4v) is 2.40. The highest BCUT2D eigenvalue weighted by Gasteiger charge is 2.13. The van der Waals surface area contributed by atoms with E-state index < -0.39 is 0 Å². The first-order valence-corrected chi connectivity index (χ1v) is 7.23. The molecule has 118 valence electrons. The quantitative estimate of drug-likeness (QED) is 0.714. The van der Waals surface area contributed by atoms with Gasteiger partial charge in [0.15, 0.2) is 0 Å². The fourth-order valence-electron chi connectivity index (χ4n) is 2.40. The van der Waals surface area contributed by atoms with E-state index in [-0.39, 0.29) is 11.8 Å². The molecule has 2 amide bonds. The molecule has 6 heteroatoms. The Morgan fingerprint density at radius 2 is 1.91 bits per heavy atom. The van der Waals surface area contributed by atoms with Crippen LogP contribution in [0, 0.1) is 6.92 Å². The largest absolute Gasteiger partial charge is 0.508 e. The third-order valence-electron chi connectivity index (χ3n) is 3.92. The predicted octanol–water partition coefficient (Wildman–Crippen LogP) is 3.26. The van der Waals surface area contributed by atoms with Gasteiger partial charge in [-0.25, -0.2) is 4.79 Å². The summed E-state index contributed by atoms with van der Waals surface area (Å²) in [4.78, 5) is 13.9. The summed E-state index contributed by atoms with van der Waals surface area (Å²) < 4.78 is 1.82. The van der Waals surface area contributed by atoms with Gasteiger partial charge in [0.1, 0.15) is 5.75 Å². The second kappa shape index (κ2) is 5.64. The second-order valence-electron chi connectivity index (χ2n) is 5.45. The van der Waals surface area contributed by atoms with E-state index in [4.69, 9.17) is 0 Å². The Morgan fingerprint density at radius 1 is 1.22 bits per heavy atom. The van der Waals surface area contributed by atoms with Gasteiger partial charge in [0, 0.05) is 36.6 Å². The maximum Gasteiger partial charge on any atom is 0.326 e. The lowest BCUT2D eigenvalue weighted by Gasteiger charge is -2.18. The molecule has 0 unspecified atom stereocenters. The topological polar surface area (TPSA) is 70.4 Å². The zero-order valence-corrected chi connectivity index (χ0v) is 13.2. The molecule has 3 aromatic rings. The maximum absolute atomic E-state index is 12.3. The number of aromatic hydroxyl groups is 1. The lowest BCUT2D eigenvalue weighted by molar-refractivity contribution is 0.258. The Hall–Kier alpha value is -3.02. The molecule has 0 saturated heterocycles. The molecule has 1 heterocycles. The number of benzene rings is 2. The Kier molecular flexibility index (Phi) is 3.65. The van der Waals surface area contributed by atoms with Gasteiger partial charge in [-0.15, -0.1) is 0 Å². The number of rotatable bonds is 2. The van der Waals surface area contributed by atoms with Crippen molar-refractivity contribution in [1.82, 2.24) is 9.78 Å². The number of carbonyl (C=O) groups excluding carboxylic acids is 1. The van der Waals surface area contributed by atoms with Gasteiger partial charge in [0.05, 0.1) is 5.52 Å². The van der Waals surface area contributed by atoms with E-state index in [2.05, 4.69) is 10.4 Å². The molecule has 6 nitrogen and oxygen atoms in total. The van der Waals surface area contributed by atoms with Crippen molar-refractivity contribution >= 4 is 28.3 Å². The minimum atomic E-state index is -0.261. The Morgan fingerprint density at radius 3 is 2.61 bits per heavy atom. The average Bonchev–Trinajstić information content (AvgIpc) is 2.83. The molecule has 0 spiro atoms. The number of anilines is 2. The van der Waals surface area contributed by atoms with Gasteiger partial charge in [0.2, 0.25) is 0 Å². The molecule has 0 atom stereocenters. The third kappa shape index (κ3) is 2.83. The minimum Gasteiger partial charge on any atom is -0.508 e. The summed E-state index contributed by atoms with van der Waals surface area (Å²) in [5.74, 6) is 0.160. The van der Waals surface area contributed by atoms with E-state index in [0.29, 0.717) is 5.69 Å². The average molecular weight is 310 g/mol. The van der Waals surface area contributed by atoms with Crippen molar-refractivity contribution in [2.24, 2.45) is 7.05 Å². The van der Waals surface area contributed by atoms with Crippen molar-refractivity contribution in [3.05, 3.63) is 48.2 Å². The van der Waals surface area contributed by atoms with Crippen LogP contribution in [0.2, 0.25) is 0 Å². The Balaban J connectivity index is 1.82. The van der Waals surface area contributed by atoms with Crippen molar-refractivity contribution in [2.45, 2.75) is 6.92 Å². The molecule has 0 bridgehead atoms. The summed E-state index contributed by atoms with van der Waals surface area (Å²) in [5, 5.41) is 17.6. The van der Waals surface area contributed by atoms with E-state index in [0.717, 1.165) is 22.3 Å². The molecule has 2 N–H and O–H groups in total. The number of amides is 2. The molecule has 2 aromatic carbocycles. The van der Waals surface area contributed by atoms with Crippen molar-refractivity contribution in [3.63, 3.8) is 0 Å². The van der Waals surface area contributed by atoms with Crippen LogP contribution in [0.1, 0.15) is 5.69 Å². The van der Waals surface area contributed by atoms with Crippen molar-refractivity contribution in [3.8, 4) is 5.75 Å². The number of fused-ring (bicyclic) bond motifs is 1. The first-order chi connectivity index (χ1) is 11.0. The molecule has 3 rings (SSSR count). The summed E-state index contributed by atoms with van der Waals surface area (Å²) in [6, 6.07) is 11.8. The van der Waals surface area contributed by atoms with Gasteiger partial charge in [-0.3, -0.25) is 9.58 Å². The standard InChI is InChI=1S/C17H18N4O2/c1-11-15-9-6-13(10-16(15)19-21(11)3)20(2)17(23)18-12-4-7-14(22)8-5-12/h4-10,22H,1-3H3,(H,18,23). The molecule has 0 radical (unpaired) electrons. The zero-order chi connectivity index (χ0) is 16.6. The fraction of sp³-hybridized carbons (Fsp3) is 0.176. The highest BCUT2D eigenvalue weighted by atomic mass is 16.3. The summed E-state index contributed by atoms with van der Waals surface area (Å²) in [5.41, 5.74) is 3.32. The summed E-state index contributed by atoms with van der Waals surface area (Å²) in [7, 11) is 3.60. The lowest BCUT2D eigenvalue weighted by atomic mass is 10.2. The monoisotopic (exact) mass is 310 g/mol. The van der Waals surface area contributed by atoms with Crippen LogP contribution in [-0.2, 0) is 7.05 Å². The second-order valence-corrected chi connectivity index (χ2v) is 5.45. The molecule has 23 heavy (non-hydrogen) atoms. The van der Waals surface area contributed by atoms with E-state index in [9.17, 15) is 9.90 Å². The van der Waals surface area contributed by atoms with E-state index >= 15 is 0 Å². The maximum atomic E-state index is 12.3. The molecule has 0 saturated carbocycles. The van der Waals surface area contributed by atoms with E-state index in [1.165, 1.54) is 17.0 Å². The summed E-state index contributed by atoms with van der Waals surface area (Å²) in [6.07, 6.45) is 0. The summed E-state index contributed by atoms with van der Waals surface area (Å²) >= 11 is 0. The highest BCUT2D eigenvalue weighted by molar-refractivity contribution is 6.02. The van der Waals surface area contributed by atoms with Gasteiger partial charge in [-0.05, 0) is 49.4 Å². The van der Waals surface area contributed by atoms with Crippen molar-refractivity contribution in [1.29, 1.82) is 0 Å². The van der Waals surface area contributed by atoms with Gasteiger partial charge in [-0.1, -0.05) is 0 Å². The van der Waals surface area contributed by atoms with Crippen molar-refractivity contribution in [2.75, 3.05) is 17.3 Å². The third-order valence-corrected chi connectivity index (χ3v) is 3.92. The van der Waals surface area contributed by atoms with Gasteiger partial charge >= 0.3 is 6.03 Å². The normalized spacial score (nSPS) is 10.7. The van der Waals surface area contributed by atoms with Crippen LogP contribution in [0.4, 0.5) is 16.2 Å². The lowest BCUT2D eigenvalue weighted by Crippen LogP contribution is -2.31. The van der Waals surface area contributed by atoms with Crippen LogP contribution >= 0.6 is 0 Å². The van der Waals surface area contributed by atoms with Crippen LogP contribution in [0.15, 0.2) is 42.5 Å². The number of aromatic nitrogens is 2. The first kappa shape index (κ1) is 14.9. The number of aryl methyl sites for hydroxylation is 2. The van der Waals surface area contributed by atoms with E-state index in [1.807, 2.05) is 36.9 Å². The van der Waals surface area contributed by atoms with Gasteiger partial charge in [-0.2, -0.15) is 5.10 Å². The molecule has 0 fully saturated rings. The van der Waals surface area contributed by atoms with Crippen LogP contribution in [-0.4, -0.2) is 28.0 Å². The van der Waals surface area contributed by atoms with Gasteiger partial charge in [0.25, 0.3) is 0 Å².